The summed E-state index contributed by atoms with van der Waals surface area (Å²) in [5.41, 5.74) is 2.71. The molecule has 144 valence electrons. The lowest BCUT2D eigenvalue weighted by molar-refractivity contribution is 0.136. The Balaban J connectivity index is 1.66. The molecule has 0 radical (unpaired) electrons. The van der Waals surface area contributed by atoms with E-state index >= 15 is 0 Å². The molecule has 1 saturated heterocycles. The Labute approximate surface area is 164 Å². The third-order valence-electron chi connectivity index (χ3n) is 5.24. The van der Waals surface area contributed by atoms with Gasteiger partial charge >= 0.3 is 0 Å². The van der Waals surface area contributed by atoms with Gasteiger partial charge in [-0.2, -0.15) is 0 Å². The number of rotatable bonds is 5. The summed E-state index contributed by atoms with van der Waals surface area (Å²) >= 11 is 0. The lowest BCUT2D eigenvalue weighted by Gasteiger charge is -2.35. The minimum absolute atomic E-state index is 0.113. The molecule has 0 aliphatic carbocycles. The molecule has 3 heterocycles. The van der Waals surface area contributed by atoms with E-state index in [1.54, 1.807) is 25.6 Å². The number of methoxy groups -OCH3 is 1. The van der Waals surface area contributed by atoms with Gasteiger partial charge < -0.3 is 9.72 Å². The summed E-state index contributed by atoms with van der Waals surface area (Å²) in [7, 11) is 1.70. The van der Waals surface area contributed by atoms with E-state index in [1.807, 2.05) is 30.3 Å². The predicted octanol–water partition coefficient (Wildman–Crippen LogP) is 3.57. The van der Waals surface area contributed by atoms with E-state index in [2.05, 4.69) is 20.9 Å². The van der Waals surface area contributed by atoms with Gasteiger partial charge in [-0.1, -0.05) is 24.6 Å². The fourth-order valence-electron chi connectivity index (χ4n) is 3.86. The predicted molar refractivity (Wildman–Crippen MR) is 108 cm³/mol. The monoisotopic (exact) mass is 376 g/mol. The fraction of sp³-hybridized carbons (Fsp3) is 0.318. The third kappa shape index (κ3) is 3.97. The molecule has 1 fully saturated rings. The van der Waals surface area contributed by atoms with Crippen LogP contribution in [0.25, 0.3) is 11.4 Å². The van der Waals surface area contributed by atoms with Gasteiger partial charge in [-0.3, -0.25) is 14.7 Å². The molecule has 0 bridgehead atoms. The van der Waals surface area contributed by atoms with E-state index < -0.39 is 0 Å². The Bertz CT molecular complexity index is 987. The standard InChI is InChI=1S/C22H24N4O2/c1-28-20-8-3-2-6-17(20)15-26-13-5-4-7-19(26)18-14-21(27)25-22(24-18)16-9-11-23-12-10-16/h2-3,6,8-12,14,19H,4-5,7,13,15H2,1H3,(H,24,25,27). The van der Waals surface area contributed by atoms with Crippen LogP contribution in [0.3, 0.4) is 0 Å². The number of aromatic amines is 1. The number of aromatic nitrogens is 3. The van der Waals surface area contributed by atoms with E-state index in [-0.39, 0.29) is 11.6 Å². The van der Waals surface area contributed by atoms with Crippen molar-refractivity contribution in [3.05, 3.63) is 76.5 Å². The van der Waals surface area contributed by atoms with E-state index in [9.17, 15) is 4.79 Å². The smallest absolute Gasteiger partial charge is 0.251 e. The highest BCUT2D eigenvalue weighted by atomic mass is 16.5. The van der Waals surface area contributed by atoms with Crippen molar-refractivity contribution in [3.63, 3.8) is 0 Å². The molecule has 2 aromatic heterocycles. The summed E-state index contributed by atoms with van der Waals surface area (Å²) in [6, 6.07) is 13.6. The molecular formula is C22H24N4O2. The summed E-state index contributed by atoms with van der Waals surface area (Å²) < 4.78 is 5.52. The van der Waals surface area contributed by atoms with Crippen LogP contribution in [0.15, 0.2) is 59.7 Å². The molecule has 1 N–H and O–H groups in total. The number of likely N-dealkylation sites (tertiary alicyclic amines) is 1. The highest BCUT2D eigenvalue weighted by Crippen LogP contribution is 2.32. The first-order chi connectivity index (χ1) is 13.7. The quantitative estimate of drug-likeness (QED) is 0.737. The van der Waals surface area contributed by atoms with Gasteiger partial charge in [0.1, 0.15) is 11.6 Å². The zero-order valence-corrected chi connectivity index (χ0v) is 16.0. The minimum atomic E-state index is -0.125. The van der Waals surface area contributed by atoms with E-state index in [0.29, 0.717) is 5.82 Å². The number of ether oxygens (including phenoxy) is 1. The van der Waals surface area contributed by atoms with Crippen LogP contribution in [0.5, 0.6) is 5.75 Å². The summed E-state index contributed by atoms with van der Waals surface area (Å²) in [5, 5.41) is 0. The van der Waals surface area contributed by atoms with E-state index in [1.165, 1.54) is 0 Å². The van der Waals surface area contributed by atoms with Crippen molar-refractivity contribution in [2.45, 2.75) is 31.8 Å². The highest BCUT2D eigenvalue weighted by Gasteiger charge is 2.26. The van der Waals surface area contributed by atoms with Crippen LogP contribution in [0.1, 0.15) is 36.6 Å². The Hall–Kier alpha value is -2.99. The Morgan fingerprint density at radius 1 is 1.18 bits per heavy atom. The van der Waals surface area contributed by atoms with Crippen molar-refractivity contribution >= 4 is 0 Å². The lowest BCUT2D eigenvalue weighted by atomic mass is 9.98. The summed E-state index contributed by atoms with van der Waals surface area (Å²) in [6.07, 6.45) is 6.67. The van der Waals surface area contributed by atoms with Gasteiger partial charge in [0.15, 0.2) is 0 Å². The number of benzene rings is 1. The molecule has 1 aromatic carbocycles. The van der Waals surface area contributed by atoms with Gasteiger partial charge in [0, 0.05) is 36.1 Å². The molecule has 1 aliphatic heterocycles. The van der Waals surface area contributed by atoms with Crippen LogP contribution in [0.4, 0.5) is 0 Å². The average Bonchev–Trinajstić information content (AvgIpc) is 2.75. The fourth-order valence-corrected chi connectivity index (χ4v) is 3.86. The van der Waals surface area contributed by atoms with E-state index in [4.69, 9.17) is 9.72 Å². The highest BCUT2D eigenvalue weighted by molar-refractivity contribution is 5.53. The van der Waals surface area contributed by atoms with Crippen LogP contribution in [-0.2, 0) is 6.54 Å². The molecule has 6 nitrogen and oxygen atoms in total. The number of piperidine rings is 1. The first-order valence-electron chi connectivity index (χ1n) is 9.62. The van der Waals surface area contributed by atoms with Crippen LogP contribution < -0.4 is 10.3 Å². The van der Waals surface area contributed by atoms with Gasteiger partial charge in [-0.15, -0.1) is 0 Å². The van der Waals surface area contributed by atoms with Crippen molar-refractivity contribution in [2.75, 3.05) is 13.7 Å². The van der Waals surface area contributed by atoms with Crippen LogP contribution in [0, 0.1) is 0 Å². The molecule has 1 unspecified atom stereocenters. The van der Waals surface area contributed by atoms with Gasteiger partial charge in [0.05, 0.1) is 18.8 Å². The first-order valence-corrected chi connectivity index (χ1v) is 9.62. The average molecular weight is 376 g/mol. The number of hydrogen-bond acceptors (Lipinski definition) is 5. The van der Waals surface area contributed by atoms with Crippen molar-refractivity contribution < 1.29 is 4.74 Å². The number of para-hydroxylation sites is 1. The molecule has 0 saturated carbocycles. The second-order valence-corrected chi connectivity index (χ2v) is 7.05. The Kier molecular flexibility index (Phi) is 5.48. The maximum absolute atomic E-state index is 12.3. The van der Waals surface area contributed by atoms with Crippen molar-refractivity contribution in [2.24, 2.45) is 0 Å². The zero-order valence-electron chi connectivity index (χ0n) is 16.0. The van der Waals surface area contributed by atoms with Gasteiger partial charge in [0.2, 0.25) is 0 Å². The number of H-pyrrole nitrogens is 1. The van der Waals surface area contributed by atoms with Crippen molar-refractivity contribution in [1.29, 1.82) is 0 Å². The SMILES string of the molecule is COc1ccccc1CN1CCCCC1c1cc(=O)[nH]c(-c2ccncc2)n1. The minimum Gasteiger partial charge on any atom is -0.496 e. The molecule has 1 atom stereocenters. The second-order valence-electron chi connectivity index (χ2n) is 7.05. The summed E-state index contributed by atoms with van der Waals surface area (Å²) in [4.78, 5) is 26.4. The van der Waals surface area contributed by atoms with Gasteiger partial charge in [-0.25, -0.2) is 4.98 Å². The van der Waals surface area contributed by atoms with Crippen LogP contribution in [0.2, 0.25) is 0 Å². The topological polar surface area (TPSA) is 71.1 Å². The number of nitrogens with zero attached hydrogens (tertiary/aromatic N) is 3. The molecule has 0 amide bonds. The van der Waals surface area contributed by atoms with Gasteiger partial charge in [0.25, 0.3) is 5.56 Å². The summed E-state index contributed by atoms with van der Waals surface area (Å²) in [5.74, 6) is 1.48. The Morgan fingerprint density at radius 3 is 2.82 bits per heavy atom. The third-order valence-corrected chi connectivity index (χ3v) is 5.24. The van der Waals surface area contributed by atoms with Gasteiger partial charge in [-0.05, 0) is 37.6 Å². The second kappa shape index (κ2) is 8.35. The van der Waals surface area contributed by atoms with Crippen LogP contribution >= 0.6 is 0 Å². The number of nitrogens with one attached hydrogen (secondary N) is 1. The largest absolute Gasteiger partial charge is 0.496 e. The zero-order chi connectivity index (χ0) is 19.3. The lowest BCUT2D eigenvalue weighted by Crippen LogP contribution is -2.34. The first kappa shape index (κ1) is 18.4. The molecule has 3 aromatic rings. The number of pyridine rings is 1. The molecular weight excluding hydrogens is 352 g/mol. The maximum atomic E-state index is 12.3. The van der Waals surface area contributed by atoms with Crippen molar-refractivity contribution in [1.82, 2.24) is 19.9 Å². The van der Waals surface area contributed by atoms with E-state index in [0.717, 1.165) is 54.9 Å². The molecule has 6 heteroatoms. The number of hydrogen-bond donors (Lipinski definition) is 1. The Morgan fingerprint density at radius 2 is 2.00 bits per heavy atom. The molecule has 0 spiro atoms. The molecule has 28 heavy (non-hydrogen) atoms. The normalized spacial score (nSPS) is 17.4. The maximum Gasteiger partial charge on any atom is 0.251 e. The molecule has 1 aliphatic rings. The summed E-state index contributed by atoms with van der Waals surface area (Å²) in [6.45, 7) is 1.75. The van der Waals surface area contributed by atoms with Crippen LogP contribution in [-0.4, -0.2) is 33.5 Å². The van der Waals surface area contributed by atoms with Crippen molar-refractivity contribution in [3.8, 4) is 17.1 Å². The molecule has 4 rings (SSSR count).